The molecule has 0 saturated carbocycles. The Morgan fingerprint density at radius 1 is 0.857 bits per heavy atom. The van der Waals surface area contributed by atoms with E-state index in [1.165, 1.54) is 0 Å². The molecule has 0 bridgehead atoms. The normalized spacial score (nSPS) is 40.5. The number of ether oxygens (including phenoxy) is 8. The van der Waals surface area contributed by atoms with Crippen LogP contribution in [0.5, 0.6) is 5.75 Å². The minimum absolute atomic E-state index is 0.0586. The van der Waals surface area contributed by atoms with Crippen LogP contribution in [-0.2, 0) is 38.0 Å². The number of aromatic nitrogens is 1. The molecule has 3 saturated heterocycles. The van der Waals surface area contributed by atoms with Gasteiger partial charge in [0.25, 0.3) is 0 Å². The van der Waals surface area contributed by atoms with E-state index in [9.17, 15) is 20.1 Å². The molecule has 0 amide bonds. The van der Waals surface area contributed by atoms with E-state index in [-0.39, 0.29) is 37.0 Å². The number of rotatable bonds is 11. The minimum atomic E-state index is -1.10. The summed E-state index contributed by atoms with van der Waals surface area (Å²) in [5.41, 5.74) is -0.321. The van der Waals surface area contributed by atoms with Gasteiger partial charge in [-0.15, -0.1) is 0 Å². The lowest BCUT2D eigenvalue weighted by Crippen LogP contribution is -2.61. The van der Waals surface area contributed by atoms with Crippen LogP contribution in [-0.4, -0.2) is 170 Å². The van der Waals surface area contributed by atoms with Gasteiger partial charge in [-0.25, -0.2) is 0 Å². The molecule has 0 radical (unpaired) electrons. The third-order valence-electron chi connectivity index (χ3n) is 13.8. The van der Waals surface area contributed by atoms with Crippen LogP contribution in [0.15, 0.2) is 48.7 Å². The summed E-state index contributed by atoms with van der Waals surface area (Å²) in [7, 11) is 8.93. The zero-order chi connectivity index (χ0) is 46.4. The van der Waals surface area contributed by atoms with E-state index < -0.39 is 84.3 Å². The summed E-state index contributed by atoms with van der Waals surface area (Å²) in [6.07, 6.45) is -5.18. The quantitative estimate of drug-likeness (QED) is 0.263. The number of pyridine rings is 1. The van der Waals surface area contributed by atoms with Crippen LogP contribution in [0.25, 0.3) is 11.3 Å². The largest absolute Gasteiger partial charge is 0.490 e. The van der Waals surface area contributed by atoms with E-state index in [1.807, 2.05) is 115 Å². The first kappa shape index (κ1) is 51.2. The molecule has 2 aromatic rings. The molecule has 17 atom stereocenters. The van der Waals surface area contributed by atoms with Gasteiger partial charge < -0.3 is 63.0 Å². The van der Waals surface area contributed by atoms with Crippen LogP contribution in [0, 0.1) is 23.7 Å². The minimum Gasteiger partial charge on any atom is -0.490 e. The van der Waals surface area contributed by atoms with Gasteiger partial charge >= 0.3 is 5.97 Å². The molecule has 356 valence electrons. The van der Waals surface area contributed by atoms with Gasteiger partial charge in [-0.3, -0.25) is 9.78 Å². The standard InChI is InChI=1S/C48H77N3O12/c1-28-23-48(8,57-13)44(63-46-41(53)38(50(9)10)22-30(3)59-46)31(4)42(62-39-24-47(7,56-12)43(54)33(6)60-39)32(5)45(55)61-36(26-51(11)25-29(2)40(28)52)27-58-35-19-17-34(18-20-35)37-16-14-15-21-49-37/h14-21,28-33,36,38-44,46,52-54H,22-27H2,1-13H3/t28-,29-,30-,31+,32-,33+,36-,38+,39+,40+,41-,42+,43+,44-,46+,47-,48+/m1/s1. The highest BCUT2D eigenvalue weighted by molar-refractivity contribution is 5.73. The molecule has 15 heteroatoms. The summed E-state index contributed by atoms with van der Waals surface area (Å²) in [5, 5.41) is 34.8. The van der Waals surface area contributed by atoms with E-state index in [1.54, 1.807) is 34.3 Å². The predicted octanol–water partition coefficient (Wildman–Crippen LogP) is 4.78. The van der Waals surface area contributed by atoms with Gasteiger partial charge in [0.15, 0.2) is 12.6 Å². The second kappa shape index (κ2) is 22.1. The van der Waals surface area contributed by atoms with Crippen molar-refractivity contribution in [2.45, 2.75) is 153 Å². The van der Waals surface area contributed by atoms with Crippen molar-refractivity contribution >= 4 is 5.97 Å². The zero-order valence-corrected chi connectivity index (χ0v) is 39.9. The number of esters is 1. The Kier molecular flexibility index (Phi) is 18.0. The van der Waals surface area contributed by atoms with Crippen LogP contribution in [0.2, 0.25) is 0 Å². The summed E-state index contributed by atoms with van der Waals surface area (Å²) in [6.45, 7) is 16.1. The topological polar surface area (TPSA) is 171 Å². The number of aliphatic hydroxyl groups excluding tert-OH is 3. The summed E-state index contributed by atoms with van der Waals surface area (Å²) >= 11 is 0. The first-order valence-electron chi connectivity index (χ1n) is 22.7. The van der Waals surface area contributed by atoms with Gasteiger partial charge in [-0.1, -0.05) is 26.8 Å². The summed E-state index contributed by atoms with van der Waals surface area (Å²) < 4.78 is 51.5. The smallest absolute Gasteiger partial charge is 0.311 e. The van der Waals surface area contributed by atoms with Crippen molar-refractivity contribution < 1.29 is 58.0 Å². The average molecular weight is 888 g/mol. The molecule has 15 nitrogen and oxygen atoms in total. The van der Waals surface area contributed by atoms with Crippen molar-refractivity contribution in [3.8, 4) is 17.0 Å². The molecule has 3 fully saturated rings. The third kappa shape index (κ3) is 12.6. The molecule has 1 aromatic carbocycles. The van der Waals surface area contributed by atoms with Gasteiger partial charge in [-0.05, 0) is 117 Å². The fourth-order valence-electron chi connectivity index (χ4n) is 9.89. The number of nitrogens with zero attached hydrogens (tertiary/aromatic N) is 3. The Morgan fingerprint density at radius 3 is 2.16 bits per heavy atom. The second-order valence-electron chi connectivity index (χ2n) is 19.3. The van der Waals surface area contributed by atoms with Crippen LogP contribution in [0.3, 0.4) is 0 Å². The van der Waals surface area contributed by atoms with Crippen molar-refractivity contribution in [3.05, 3.63) is 48.7 Å². The molecule has 0 spiro atoms. The Morgan fingerprint density at radius 2 is 1.54 bits per heavy atom. The first-order chi connectivity index (χ1) is 29.7. The van der Waals surface area contributed by atoms with Crippen molar-refractivity contribution in [3.63, 3.8) is 0 Å². The lowest BCUT2D eigenvalue weighted by molar-refractivity contribution is -0.319. The highest BCUT2D eigenvalue weighted by Gasteiger charge is 2.52. The summed E-state index contributed by atoms with van der Waals surface area (Å²) in [5.74, 6) is -1.93. The molecule has 0 aliphatic carbocycles. The molecule has 4 heterocycles. The Bertz CT molecular complexity index is 1710. The van der Waals surface area contributed by atoms with Crippen LogP contribution >= 0.6 is 0 Å². The highest BCUT2D eigenvalue weighted by Crippen LogP contribution is 2.41. The molecule has 1 aromatic heterocycles. The number of benzene rings is 1. The monoisotopic (exact) mass is 888 g/mol. The molecule has 3 aliphatic rings. The van der Waals surface area contributed by atoms with Gasteiger partial charge in [0.05, 0.1) is 53.3 Å². The molecular weight excluding hydrogens is 811 g/mol. The fraction of sp³-hybridized carbons (Fsp3) is 0.750. The number of carbonyl (C=O) groups is 1. The second-order valence-corrected chi connectivity index (χ2v) is 19.3. The number of hydrogen-bond acceptors (Lipinski definition) is 15. The Hall–Kier alpha value is -2.80. The lowest BCUT2D eigenvalue weighted by Gasteiger charge is -2.49. The molecule has 3 N–H and O–H groups in total. The predicted molar refractivity (Wildman–Crippen MR) is 238 cm³/mol. The fourth-order valence-corrected chi connectivity index (χ4v) is 9.89. The maximum Gasteiger partial charge on any atom is 0.311 e. The van der Waals surface area contributed by atoms with Crippen LogP contribution in [0.1, 0.15) is 74.7 Å². The Labute approximate surface area is 375 Å². The van der Waals surface area contributed by atoms with E-state index in [2.05, 4.69) is 4.98 Å². The van der Waals surface area contributed by atoms with Gasteiger partial charge in [-0.2, -0.15) is 0 Å². The van der Waals surface area contributed by atoms with Crippen molar-refractivity contribution in [2.75, 3.05) is 55.1 Å². The molecule has 63 heavy (non-hydrogen) atoms. The van der Waals surface area contributed by atoms with Crippen LogP contribution < -0.4 is 4.74 Å². The maximum atomic E-state index is 14.7. The molecule has 5 rings (SSSR count). The van der Waals surface area contributed by atoms with E-state index in [4.69, 9.17) is 37.9 Å². The molecular formula is C48H77N3O12. The summed E-state index contributed by atoms with van der Waals surface area (Å²) in [4.78, 5) is 23.2. The number of aliphatic hydroxyl groups is 3. The average Bonchev–Trinajstić information content (AvgIpc) is 3.25. The zero-order valence-electron chi connectivity index (χ0n) is 39.9. The number of methoxy groups -OCH3 is 2. The van der Waals surface area contributed by atoms with Gasteiger partial charge in [0.1, 0.15) is 30.7 Å². The van der Waals surface area contributed by atoms with E-state index >= 15 is 0 Å². The Balaban J connectivity index is 1.54. The SMILES string of the molecule is CO[C@]1(C)C[C@H](O[C@H]2[C@H](C)[C@@H](O[C@@H]3O[C@H](C)C[C@H](N(C)C)[C@H]3O)[C@@](C)(OC)C[C@@H](C)[C@H](O)[C@H](C)CN(C)C[C@H](COc3ccc(-c4ccccn4)cc3)OC(=O)[C@@H]2C)O[C@@H](C)[C@@H]1O. The van der Waals surface area contributed by atoms with Crippen LogP contribution in [0.4, 0.5) is 0 Å². The number of likely N-dealkylation sites (N-methyl/N-ethyl adjacent to an activating group) is 2. The number of carbonyl (C=O) groups excluding carboxylic acids is 1. The number of hydrogen-bond donors (Lipinski definition) is 3. The number of cyclic esters (lactones) is 1. The molecule has 0 unspecified atom stereocenters. The maximum absolute atomic E-state index is 14.7. The highest BCUT2D eigenvalue weighted by atomic mass is 16.7. The lowest BCUT2D eigenvalue weighted by atomic mass is 9.75. The van der Waals surface area contributed by atoms with Crippen molar-refractivity contribution in [1.29, 1.82) is 0 Å². The van der Waals surface area contributed by atoms with E-state index in [0.29, 0.717) is 31.7 Å². The van der Waals surface area contributed by atoms with E-state index in [0.717, 1.165) is 11.3 Å². The van der Waals surface area contributed by atoms with Crippen molar-refractivity contribution in [1.82, 2.24) is 14.8 Å². The third-order valence-corrected chi connectivity index (χ3v) is 13.8. The van der Waals surface area contributed by atoms with Crippen molar-refractivity contribution in [2.24, 2.45) is 23.7 Å². The summed E-state index contributed by atoms with van der Waals surface area (Å²) in [6, 6.07) is 13.1. The van der Waals surface area contributed by atoms with Gasteiger partial charge in [0, 0.05) is 57.4 Å². The van der Waals surface area contributed by atoms with Gasteiger partial charge in [0.2, 0.25) is 0 Å². The molecule has 3 aliphatic heterocycles. The first-order valence-corrected chi connectivity index (χ1v) is 22.7.